The van der Waals surface area contributed by atoms with Crippen LogP contribution in [-0.4, -0.2) is 30.4 Å². The van der Waals surface area contributed by atoms with Crippen molar-refractivity contribution in [3.63, 3.8) is 0 Å². The number of halogens is 6. The van der Waals surface area contributed by atoms with Gasteiger partial charge in [-0.25, -0.2) is 9.59 Å². The van der Waals surface area contributed by atoms with Gasteiger partial charge in [0, 0.05) is 11.4 Å². The minimum Gasteiger partial charge on any atom is -0.463 e. The summed E-state index contributed by atoms with van der Waals surface area (Å²) >= 11 is 0. The van der Waals surface area contributed by atoms with Crippen molar-refractivity contribution >= 4 is 23.4 Å². The molecule has 0 aromatic heterocycles. The number of alkyl halides is 6. The van der Waals surface area contributed by atoms with Gasteiger partial charge >= 0.3 is 30.0 Å². The smallest absolute Gasteiger partial charge is 0.441 e. The van der Waals surface area contributed by atoms with Crippen LogP contribution in [-0.2, 0) is 15.7 Å². The number of para-hydroxylation sites is 1. The Hall–Kier alpha value is -3.44. The minimum atomic E-state index is -5.50. The number of carbonyl (C=O) groups is 2. The van der Waals surface area contributed by atoms with Crippen LogP contribution in [0.2, 0.25) is 0 Å². The monoisotopic (exact) mass is 449 g/mol. The summed E-state index contributed by atoms with van der Waals surface area (Å²) in [6.45, 7) is 0.746. The van der Waals surface area contributed by atoms with Crippen molar-refractivity contribution < 1.29 is 40.7 Å². The topological polar surface area (TPSA) is 79.5 Å². The largest absolute Gasteiger partial charge is 0.463 e. The van der Waals surface area contributed by atoms with E-state index in [1.165, 1.54) is 36.5 Å². The van der Waals surface area contributed by atoms with Crippen LogP contribution in [0.4, 0.5) is 42.5 Å². The molecule has 0 bridgehead atoms. The van der Waals surface area contributed by atoms with E-state index in [9.17, 15) is 35.9 Å². The molecule has 0 spiro atoms. The molecule has 0 radical (unpaired) electrons. The van der Waals surface area contributed by atoms with Crippen LogP contribution < -0.4 is 16.0 Å². The number of rotatable bonds is 6. The number of amides is 2. The number of anilines is 2. The molecule has 1 atom stereocenters. The zero-order chi connectivity index (χ0) is 23.3. The first kappa shape index (κ1) is 23.8. The second kappa shape index (κ2) is 9.14. The molecule has 12 heteroatoms. The standard InChI is InChI=1S/C19H17F6N3O3/c1-2-31-15(29)17(19(23,24)25,28-16(30)26-13-8-4-3-5-9-13)27-14-10-6-7-12(11-14)18(20,21)22/h3-11,27H,2H2,1H3,(H2,26,28,30)/t17-/m1/s1. The molecule has 2 rings (SSSR count). The summed E-state index contributed by atoms with van der Waals surface area (Å²) in [7, 11) is 0. The average molecular weight is 449 g/mol. The van der Waals surface area contributed by atoms with Crippen molar-refractivity contribution in [1.82, 2.24) is 5.32 Å². The predicted octanol–water partition coefficient (Wildman–Crippen LogP) is 4.76. The van der Waals surface area contributed by atoms with Crippen molar-refractivity contribution in [2.75, 3.05) is 17.2 Å². The number of carbonyl (C=O) groups excluding carboxylic acids is 2. The Morgan fingerprint density at radius 3 is 2.06 bits per heavy atom. The summed E-state index contributed by atoms with van der Waals surface area (Å²) in [6.07, 6.45) is -10.3. The lowest BCUT2D eigenvalue weighted by molar-refractivity contribution is -0.204. The average Bonchev–Trinajstić information content (AvgIpc) is 2.67. The predicted molar refractivity (Wildman–Crippen MR) is 99.1 cm³/mol. The molecule has 0 saturated heterocycles. The number of hydrogen-bond acceptors (Lipinski definition) is 4. The zero-order valence-electron chi connectivity index (χ0n) is 15.9. The first-order valence-electron chi connectivity index (χ1n) is 8.72. The number of nitrogens with one attached hydrogen (secondary N) is 3. The molecule has 0 unspecified atom stereocenters. The highest BCUT2D eigenvalue weighted by Gasteiger charge is 2.63. The summed E-state index contributed by atoms with van der Waals surface area (Å²) in [6, 6.07) is 8.63. The van der Waals surface area contributed by atoms with Crippen LogP contribution in [0.5, 0.6) is 0 Å². The van der Waals surface area contributed by atoms with E-state index >= 15 is 0 Å². The van der Waals surface area contributed by atoms with E-state index in [0.29, 0.717) is 12.1 Å². The fourth-order valence-electron chi connectivity index (χ4n) is 2.47. The first-order valence-corrected chi connectivity index (χ1v) is 8.72. The van der Waals surface area contributed by atoms with Crippen molar-refractivity contribution in [3.05, 3.63) is 60.2 Å². The van der Waals surface area contributed by atoms with Gasteiger partial charge in [0.1, 0.15) is 0 Å². The highest BCUT2D eigenvalue weighted by molar-refractivity contribution is 5.96. The zero-order valence-corrected chi connectivity index (χ0v) is 15.9. The molecular formula is C19H17F6N3O3. The lowest BCUT2D eigenvalue weighted by Crippen LogP contribution is -2.70. The second-order valence-corrected chi connectivity index (χ2v) is 6.12. The van der Waals surface area contributed by atoms with Gasteiger partial charge in [-0.1, -0.05) is 24.3 Å². The van der Waals surface area contributed by atoms with Crippen molar-refractivity contribution in [2.45, 2.75) is 24.9 Å². The molecule has 2 aromatic carbocycles. The van der Waals surface area contributed by atoms with Crippen LogP contribution in [0.25, 0.3) is 0 Å². The van der Waals surface area contributed by atoms with E-state index < -0.39 is 47.9 Å². The molecule has 0 saturated carbocycles. The summed E-state index contributed by atoms with van der Waals surface area (Å²) in [5, 5.41) is 5.25. The van der Waals surface area contributed by atoms with Crippen LogP contribution >= 0.6 is 0 Å². The van der Waals surface area contributed by atoms with E-state index in [-0.39, 0.29) is 5.69 Å². The number of benzene rings is 2. The number of ether oxygens (including phenoxy) is 1. The molecule has 2 amide bonds. The van der Waals surface area contributed by atoms with Crippen molar-refractivity contribution in [1.29, 1.82) is 0 Å². The molecule has 31 heavy (non-hydrogen) atoms. The van der Waals surface area contributed by atoms with Gasteiger partial charge in [-0.3, -0.25) is 5.32 Å². The number of hydrogen-bond donors (Lipinski definition) is 3. The molecule has 168 valence electrons. The third-order valence-corrected chi connectivity index (χ3v) is 3.86. The van der Waals surface area contributed by atoms with Crippen LogP contribution in [0, 0.1) is 0 Å². The Balaban J connectivity index is 2.46. The summed E-state index contributed by atoms with van der Waals surface area (Å²) < 4.78 is 85.4. The Kier molecular flexibility index (Phi) is 7.03. The lowest BCUT2D eigenvalue weighted by atomic mass is 10.1. The molecule has 0 aliphatic heterocycles. The van der Waals surface area contributed by atoms with Gasteiger partial charge in [0.15, 0.2) is 0 Å². The van der Waals surface area contributed by atoms with Crippen LogP contribution in [0.3, 0.4) is 0 Å². The Labute approximate surface area is 172 Å². The van der Waals surface area contributed by atoms with Gasteiger partial charge in [0.05, 0.1) is 12.2 Å². The summed E-state index contributed by atoms with van der Waals surface area (Å²) in [5.41, 5.74) is -5.74. The first-order chi connectivity index (χ1) is 14.4. The van der Waals surface area contributed by atoms with Gasteiger partial charge in [-0.2, -0.15) is 26.3 Å². The minimum absolute atomic E-state index is 0.110. The SMILES string of the molecule is CCOC(=O)[C@](NC(=O)Nc1ccccc1)(Nc1cccc(C(F)(F)F)c1)C(F)(F)F. The van der Waals surface area contributed by atoms with E-state index in [0.717, 1.165) is 12.1 Å². The Morgan fingerprint density at radius 1 is 0.903 bits per heavy atom. The second-order valence-electron chi connectivity index (χ2n) is 6.12. The molecule has 0 aliphatic carbocycles. The van der Waals surface area contributed by atoms with Crippen LogP contribution in [0.15, 0.2) is 54.6 Å². The summed E-state index contributed by atoms with van der Waals surface area (Å²) in [5.74, 6) is -1.96. The quantitative estimate of drug-likeness (QED) is 0.338. The maximum atomic E-state index is 14.0. The molecule has 0 fully saturated rings. The highest BCUT2D eigenvalue weighted by atomic mass is 19.4. The Morgan fingerprint density at radius 2 is 1.52 bits per heavy atom. The molecule has 0 heterocycles. The van der Waals surface area contributed by atoms with Gasteiger partial charge in [-0.15, -0.1) is 0 Å². The van der Waals surface area contributed by atoms with Gasteiger partial charge in [-0.05, 0) is 37.3 Å². The molecule has 0 aliphatic rings. The van der Waals surface area contributed by atoms with Crippen molar-refractivity contribution in [3.8, 4) is 0 Å². The van der Waals surface area contributed by atoms with E-state index in [4.69, 9.17) is 0 Å². The van der Waals surface area contributed by atoms with Crippen LogP contribution in [0.1, 0.15) is 12.5 Å². The number of esters is 1. The van der Waals surface area contributed by atoms with E-state index in [1.54, 1.807) is 11.4 Å². The number of urea groups is 1. The summed E-state index contributed by atoms with van der Waals surface area (Å²) in [4.78, 5) is 24.6. The fraction of sp³-hybridized carbons (Fsp3) is 0.263. The molecule has 6 nitrogen and oxygen atoms in total. The molecular weight excluding hydrogens is 432 g/mol. The molecule has 3 N–H and O–H groups in total. The van der Waals surface area contributed by atoms with E-state index in [2.05, 4.69) is 10.1 Å². The lowest BCUT2D eigenvalue weighted by Gasteiger charge is -2.35. The third-order valence-electron chi connectivity index (χ3n) is 3.86. The van der Waals surface area contributed by atoms with Gasteiger partial charge in [0.25, 0.3) is 0 Å². The van der Waals surface area contributed by atoms with Crippen molar-refractivity contribution in [2.24, 2.45) is 0 Å². The Bertz CT molecular complexity index is 918. The highest BCUT2D eigenvalue weighted by Crippen LogP contribution is 2.35. The maximum Gasteiger partial charge on any atom is 0.441 e. The normalized spacial score (nSPS) is 13.6. The van der Waals surface area contributed by atoms with Gasteiger partial charge in [0.2, 0.25) is 0 Å². The third kappa shape index (κ3) is 5.80. The maximum absolute atomic E-state index is 14.0. The van der Waals surface area contributed by atoms with Gasteiger partial charge < -0.3 is 15.4 Å². The van der Waals surface area contributed by atoms with E-state index in [1.807, 2.05) is 0 Å². The fourth-order valence-corrected chi connectivity index (χ4v) is 2.47. The molecule has 2 aromatic rings.